The SMILES string of the molecule is O=c1n(CCn2cc(CCCO)nn2)nc2ccccn12. The summed E-state index contributed by atoms with van der Waals surface area (Å²) in [6.45, 7) is 1.10. The Kier molecular flexibility index (Phi) is 3.78. The molecule has 0 radical (unpaired) electrons. The molecule has 3 aromatic heterocycles. The van der Waals surface area contributed by atoms with Crippen molar-refractivity contribution in [2.45, 2.75) is 25.9 Å². The third kappa shape index (κ3) is 2.84. The van der Waals surface area contributed by atoms with Crippen molar-refractivity contribution < 1.29 is 5.11 Å². The molecule has 0 aromatic carbocycles. The summed E-state index contributed by atoms with van der Waals surface area (Å²) < 4.78 is 4.61. The summed E-state index contributed by atoms with van der Waals surface area (Å²) in [7, 11) is 0. The number of aryl methyl sites for hydroxylation is 3. The normalized spacial score (nSPS) is 11.3. The molecule has 0 amide bonds. The molecule has 0 aliphatic carbocycles. The first-order valence-corrected chi connectivity index (χ1v) is 6.82. The van der Waals surface area contributed by atoms with E-state index in [0.717, 1.165) is 5.69 Å². The van der Waals surface area contributed by atoms with Crippen LogP contribution in [0, 0.1) is 0 Å². The maximum absolute atomic E-state index is 12.1. The molecule has 3 rings (SSSR count). The van der Waals surface area contributed by atoms with Gasteiger partial charge in [0.1, 0.15) is 0 Å². The van der Waals surface area contributed by atoms with Gasteiger partial charge in [0, 0.05) is 19.0 Å². The lowest BCUT2D eigenvalue weighted by Gasteiger charge is -1.98. The first-order chi connectivity index (χ1) is 10.3. The Morgan fingerprint density at radius 2 is 2.14 bits per heavy atom. The zero-order valence-corrected chi connectivity index (χ0v) is 11.5. The Bertz CT molecular complexity index is 787. The Labute approximate surface area is 120 Å². The average Bonchev–Trinajstić information content (AvgIpc) is 3.08. The monoisotopic (exact) mass is 288 g/mol. The molecule has 8 heteroatoms. The van der Waals surface area contributed by atoms with Gasteiger partial charge in [-0.15, -0.1) is 10.2 Å². The van der Waals surface area contributed by atoms with E-state index >= 15 is 0 Å². The van der Waals surface area contributed by atoms with Crippen LogP contribution in [0.25, 0.3) is 5.65 Å². The van der Waals surface area contributed by atoms with Gasteiger partial charge in [0.2, 0.25) is 0 Å². The fourth-order valence-electron chi connectivity index (χ4n) is 2.13. The Morgan fingerprint density at radius 3 is 2.95 bits per heavy atom. The summed E-state index contributed by atoms with van der Waals surface area (Å²) in [6, 6.07) is 5.43. The van der Waals surface area contributed by atoms with Crippen molar-refractivity contribution in [2.75, 3.05) is 6.61 Å². The van der Waals surface area contributed by atoms with Crippen LogP contribution in [-0.2, 0) is 19.5 Å². The number of hydrogen-bond acceptors (Lipinski definition) is 5. The van der Waals surface area contributed by atoms with Crippen LogP contribution in [0.4, 0.5) is 0 Å². The van der Waals surface area contributed by atoms with Crippen LogP contribution >= 0.6 is 0 Å². The van der Waals surface area contributed by atoms with Crippen LogP contribution in [0.15, 0.2) is 35.4 Å². The first kappa shape index (κ1) is 13.5. The van der Waals surface area contributed by atoms with Gasteiger partial charge in [0.05, 0.1) is 18.8 Å². The van der Waals surface area contributed by atoms with Crippen molar-refractivity contribution in [3.05, 3.63) is 46.8 Å². The lowest BCUT2D eigenvalue weighted by Crippen LogP contribution is -2.23. The summed E-state index contributed by atoms with van der Waals surface area (Å²) in [5.41, 5.74) is 1.31. The fraction of sp³-hybridized carbons (Fsp3) is 0.385. The van der Waals surface area contributed by atoms with Gasteiger partial charge in [-0.05, 0) is 25.0 Å². The van der Waals surface area contributed by atoms with E-state index in [4.69, 9.17) is 5.11 Å². The number of fused-ring (bicyclic) bond motifs is 1. The minimum atomic E-state index is -0.161. The van der Waals surface area contributed by atoms with Crippen LogP contribution in [0.3, 0.4) is 0 Å². The molecule has 0 unspecified atom stereocenters. The van der Waals surface area contributed by atoms with Gasteiger partial charge >= 0.3 is 5.69 Å². The van der Waals surface area contributed by atoms with Gasteiger partial charge in [-0.1, -0.05) is 11.3 Å². The molecule has 110 valence electrons. The predicted octanol–water partition coefficient (Wildman–Crippen LogP) is -0.287. The molecule has 0 saturated carbocycles. The lowest BCUT2D eigenvalue weighted by atomic mass is 10.3. The molecular weight excluding hydrogens is 272 g/mol. The minimum absolute atomic E-state index is 0.142. The maximum atomic E-state index is 12.1. The van der Waals surface area contributed by atoms with Gasteiger partial charge in [-0.25, -0.2) is 9.48 Å². The van der Waals surface area contributed by atoms with E-state index in [-0.39, 0.29) is 12.3 Å². The van der Waals surface area contributed by atoms with Crippen molar-refractivity contribution in [1.29, 1.82) is 0 Å². The van der Waals surface area contributed by atoms with Crippen molar-refractivity contribution in [1.82, 2.24) is 29.2 Å². The molecule has 21 heavy (non-hydrogen) atoms. The highest BCUT2D eigenvalue weighted by atomic mass is 16.3. The molecule has 0 spiro atoms. The third-order valence-corrected chi connectivity index (χ3v) is 3.21. The summed E-state index contributed by atoms with van der Waals surface area (Å²) in [5, 5.41) is 21.1. The second-order valence-electron chi connectivity index (χ2n) is 4.73. The molecule has 0 bridgehead atoms. The summed E-state index contributed by atoms with van der Waals surface area (Å²) >= 11 is 0. The number of pyridine rings is 1. The zero-order valence-electron chi connectivity index (χ0n) is 11.5. The van der Waals surface area contributed by atoms with Crippen LogP contribution in [0.2, 0.25) is 0 Å². The quantitative estimate of drug-likeness (QED) is 0.673. The van der Waals surface area contributed by atoms with E-state index in [0.29, 0.717) is 31.6 Å². The third-order valence-electron chi connectivity index (χ3n) is 3.21. The molecule has 0 fully saturated rings. The zero-order chi connectivity index (χ0) is 14.7. The van der Waals surface area contributed by atoms with Crippen molar-refractivity contribution >= 4 is 5.65 Å². The van der Waals surface area contributed by atoms with E-state index in [1.54, 1.807) is 23.0 Å². The average molecular weight is 288 g/mol. The first-order valence-electron chi connectivity index (χ1n) is 6.82. The number of nitrogens with zero attached hydrogens (tertiary/aromatic N) is 6. The molecule has 0 aliphatic rings. The van der Waals surface area contributed by atoms with Gasteiger partial charge < -0.3 is 5.11 Å². The number of rotatable bonds is 6. The van der Waals surface area contributed by atoms with Crippen LogP contribution in [-0.4, -0.2) is 40.9 Å². The molecule has 1 N–H and O–H groups in total. The molecule has 8 nitrogen and oxygen atoms in total. The van der Waals surface area contributed by atoms with E-state index in [9.17, 15) is 4.79 Å². The highest BCUT2D eigenvalue weighted by molar-refractivity contribution is 5.35. The molecule has 3 heterocycles. The van der Waals surface area contributed by atoms with Gasteiger partial charge in [0.25, 0.3) is 0 Å². The van der Waals surface area contributed by atoms with E-state index < -0.39 is 0 Å². The van der Waals surface area contributed by atoms with Crippen LogP contribution in [0.5, 0.6) is 0 Å². The number of aliphatic hydroxyl groups excluding tert-OH is 1. The molecule has 0 saturated heterocycles. The smallest absolute Gasteiger partial charge is 0.350 e. The van der Waals surface area contributed by atoms with Crippen LogP contribution in [0.1, 0.15) is 12.1 Å². The number of aromatic nitrogens is 6. The van der Waals surface area contributed by atoms with E-state index in [1.807, 2.05) is 12.3 Å². The summed E-state index contributed by atoms with van der Waals surface area (Å²) in [5.74, 6) is 0. The Balaban J connectivity index is 1.70. The Morgan fingerprint density at radius 1 is 1.24 bits per heavy atom. The van der Waals surface area contributed by atoms with Gasteiger partial charge in [-0.2, -0.15) is 0 Å². The van der Waals surface area contributed by atoms with Crippen molar-refractivity contribution in [3.63, 3.8) is 0 Å². The Hall–Kier alpha value is -2.48. The highest BCUT2D eigenvalue weighted by Gasteiger charge is 2.06. The summed E-state index contributed by atoms with van der Waals surface area (Å²) in [6.07, 6.45) is 4.90. The lowest BCUT2D eigenvalue weighted by molar-refractivity contribution is 0.288. The van der Waals surface area contributed by atoms with Gasteiger partial charge in [0.15, 0.2) is 5.65 Å². The molecule has 0 atom stereocenters. The topological polar surface area (TPSA) is 90.2 Å². The number of hydrogen-bond donors (Lipinski definition) is 1. The maximum Gasteiger partial charge on any atom is 0.350 e. The van der Waals surface area contributed by atoms with Crippen molar-refractivity contribution in [3.8, 4) is 0 Å². The molecule has 3 aromatic rings. The van der Waals surface area contributed by atoms with Crippen molar-refractivity contribution in [2.24, 2.45) is 0 Å². The number of aliphatic hydroxyl groups is 1. The largest absolute Gasteiger partial charge is 0.396 e. The minimum Gasteiger partial charge on any atom is -0.396 e. The summed E-state index contributed by atoms with van der Waals surface area (Å²) in [4.78, 5) is 12.1. The van der Waals surface area contributed by atoms with E-state index in [2.05, 4.69) is 15.4 Å². The van der Waals surface area contributed by atoms with Crippen LogP contribution < -0.4 is 5.69 Å². The second-order valence-corrected chi connectivity index (χ2v) is 4.73. The standard InChI is InChI=1S/C13H16N6O2/c20-9-3-4-11-10-17(16-14-11)7-8-19-13(21)18-6-2-1-5-12(18)15-19/h1-2,5-6,10,20H,3-4,7-9H2. The molecular formula is C13H16N6O2. The highest BCUT2D eigenvalue weighted by Crippen LogP contribution is 1.99. The molecule has 0 aliphatic heterocycles. The van der Waals surface area contributed by atoms with Gasteiger partial charge in [-0.3, -0.25) is 9.08 Å². The second kappa shape index (κ2) is 5.88. The fourth-order valence-corrected chi connectivity index (χ4v) is 2.13. The van der Waals surface area contributed by atoms with E-state index in [1.165, 1.54) is 9.08 Å². The predicted molar refractivity (Wildman–Crippen MR) is 74.9 cm³/mol.